The lowest BCUT2D eigenvalue weighted by atomic mass is 9.81. The van der Waals surface area contributed by atoms with Crippen LogP contribution in [0.1, 0.15) is 72.1 Å². The smallest absolute Gasteiger partial charge is 0.145 e. The molecule has 0 fully saturated rings. The quantitative estimate of drug-likeness (QED) is 0.378. The highest BCUT2D eigenvalue weighted by atomic mass is 19.1. The minimum absolute atomic E-state index is 0.123. The summed E-state index contributed by atoms with van der Waals surface area (Å²) in [6, 6.07) is 17.2. The van der Waals surface area contributed by atoms with Crippen molar-refractivity contribution in [1.29, 1.82) is 0 Å². The van der Waals surface area contributed by atoms with Gasteiger partial charge in [0.1, 0.15) is 11.6 Å². The molecule has 0 bridgehead atoms. The Hall–Kier alpha value is -3.36. The Bertz CT molecular complexity index is 1240. The Kier molecular flexibility index (Phi) is 7.26. The molecule has 0 N–H and O–H groups in total. The fourth-order valence-corrected chi connectivity index (χ4v) is 4.43. The predicted octanol–water partition coefficient (Wildman–Crippen LogP) is 7.23. The molecule has 4 rings (SSSR count). The summed E-state index contributed by atoms with van der Waals surface area (Å²) in [5, 5.41) is 0. The molecular formula is C31H28F2. The molecule has 0 nitrogen and oxygen atoms in total. The van der Waals surface area contributed by atoms with Crippen molar-refractivity contribution in [2.24, 2.45) is 5.92 Å². The summed E-state index contributed by atoms with van der Waals surface area (Å²) >= 11 is 0. The normalized spacial score (nSPS) is 14.5. The van der Waals surface area contributed by atoms with Crippen molar-refractivity contribution in [2.75, 3.05) is 0 Å². The van der Waals surface area contributed by atoms with Gasteiger partial charge in [0.25, 0.3) is 0 Å². The molecule has 3 aromatic rings. The molecule has 3 aromatic carbocycles. The number of rotatable bonds is 3. The van der Waals surface area contributed by atoms with E-state index >= 15 is 4.39 Å². The number of benzene rings is 3. The summed E-state index contributed by atoms with van der Waals surface area (Å²) in [5.41, 5.74) is 5.16. The number of fused-ring (bicyclic) bond motifs is 1. The molecule has 1 aliphatic carbocycles. The van der Waals surface area contributed by atoms with Crippen LogP contribution in [-0.2, 0) is 19.3 Å². The first-order chi connectivity index (χ1) is 16.1. The van der Waals surface area contributed by atoms with Gasteiger partial charge in [0, 0.05) is 16.7 Å². The fraction of sp³-hybridized carbons (Fsp3) is 0.290. The highest BCUT2D eigenvalue weighted by Crippen LogP contribution is 2.32. The van der Waals surface area contributed by atoms with Crippen LogP contribution >= 0.6 is 0 Å². The van der Waals surface area contributed by atoms with Crippen molar-refractivity contribution in [3.05, 3.63) is 105 Å². The minimum atomic E-state index is -0.563. The van der Waals surface area contributed by atoms with Gasteiger partial charge < -0.3 is 0 Å². The molecule has 166 valence electrons. The molecule has 1 unspecified atom stereocenters. The molecule has 0 aromatic heterocycles. The molecule has 0 aliphatic heterocycles. The van der Waals surface area contributed by atoms with Crippen molar-refractivity contribution in [3.63, 3.8) is 0 Å². The Morgan fingerprint density at radius 1 is 0.818 bits per heavy atom. The van der Waals surface area contributed by atoms with E-state index in [1.165, 1.54) is 11.6 Å². The third-order valence-electron chi connectivity index (χ3n) is 6.35. The Morgan fingerprint density at radius 3 is 1.97 bits per heavy atom. The summed E-state index contributed by atoms with van der Waals surface area (Å²) < 4.78 is 29.7. The summed E-state index contributed by atoms with van der Waals surface area (Å²) in [4.78, 5) is 0. The van der Waals surface area contributed by atoms with Gasteiger partial charge in [-0.2, -0.15) is 0 Å². The SMILES string of the molecule is CCCC1CCc2c(cc(F)c(C#Cc3ccc(C#Cc4ccc(CC)cc4)cc3)c2F)C1. The summed E-state index contributed by atoms with van der Waals surface area (Å²) in [7, 11) is 0. The molecule has 2 heteroatoms. The van der Waals surface area contributed by atoms with E-state index in [1.54, 1.807) is 0 Å². The van der Waals surface area contributed by atoms with Crippen molar-refractivity contribution >= 4 is 0 Å². The number of aryl methyl sites for hydroxylation is 1. The van der Waals surface area contributed by atoms with Crippen LogP contribution < -0.4 is 0 Å². The highest BCUT2D eigenvalue weighted by molar-refractivity contribution is 5.50. The summed E-state index contributed by atoms with van der Waals surface area (Å²) in [6.45, 7) is 4.28. The average Bonchev–Trinajstić information content (AvgIpc) is 2.83. The lowest BCUT2D eigenvalue weighted by Crippen LogP contribution is -2.17. The van der Waals surface area contributed by atoms with E-state index in [9.17, 15) is 4.39 Å². The number of hydrogen-bond donors (Lipinski definition) is 0. The first-order valence-corrected chi connectivity index (χ1v) is 11.8. The van der Waals surface area contributed by atoms with E-state index in [2.05, 4.69) is 49.7 Å². The van der Waals surface area contributed by atoms with Crippen molar-refractivity contribution in [1.82, 2.24) is 0 Å². The van der Waals surface area contributed by atoms with Crippen LogP contribution in [0.25, 0.3) is 0 Å². The predicted molar refractivity (Wildman–Crippen MR) is 131 cm³/mol. The zero-order chi connectivity index (χ0) is 23.2. The van der Waals surface area contributed by atoms with E-state index in [4.69, 9.17) is 0 Å². The van der Waals surface area contributed by atoms with Gasteiger partial charge in [-0.15, -0.1) is 0 Å². The molecule has 0 spiro atoms. The first kappa shape index (κ1) is 22.8. The van der Waals surface area contributed by atoms with Crippen LogP contribution in [0.3, 0.4) is 0 Å². The monoisotopic (exact) mass is 438 g/mol. The van der Waals surface area contributed by atoms with Gasteiger partial charge in [0.15, 0.2) is 0 Å². The standard InChI is InChI=1S/C31H28F2/c1-3-5-26-17-18-28-27(20-26)21-30(32)29(31(28)33)19-16-25-14-12-24(13-15-25)11-10-23-8-6-22(4-2)7-9-23/h6-9,12-15,21,26H,3-5,17-18,20H2,1-2H3. The maximum Gasteiger partial charge on any atom is 0.145 e. The van der Waals surface area contributed by atoms with Crippen LogP contribution in [0.2, 0.25) is 0 Å². The molecule has 0 heterocycles. The minimum Gasteiger partial charge on any atom is -0.206 e. The summed E-state index contributed by atoms with van der Waals surface area (Å²) in [5.74, 6) is 11.4. The van der Waals surface area contributed by atoms with Crippen LogP contribution in [0, 0.1) is 41.2 Å². The Balaban J connectivity index is 1.50. The van der Waals surface area contributed by atoms with Crippen LogP contribution in [-0.4, -0.2) is 0 Å². The third kappa shape index (κ3) is 5.53. The van der Waals surface area contributed by atoms with E-state index in [-0.39, 0.29) is 5.56 Å². The second-order valence-electron chi connectivity index (χ2n) is 8.71. The topological polar surface area (TPSA) is 0 Å². The van der Waals surface area contributed by atoms with Crippen LogP contribution in [0.5, 0.6) is 0 Å². The number of halogens is 2. The van der Waals surface area contributed by atoms with E-state index in [0.717, 1.165) is 48.8 Å². The second-order valence-corrected chi connectivity index (χ2v) is 8.71. The lowest BCUT2D eigenvalue weighted by molar-refractivity contribution is 0.411. The van der Waals surface area contributed by atoms with Gasteiger partial charge in [-0.1, -0.05) is 62.5 Å². The molecular weight excluding hydrogens is 410 g/mol. The van der Waals surface area contributed by atoms with Crippen molar-refractivity contribution in [2.45, 2.75) is 52.4 Å². The zero-order valence-corrected chi connectivity index (χ0v) is 19.3. The Labute approximate surface area is 196 Å². The second kappa shape index (κ2) is 10.5. The van der Waals surface area contributed by atoms with Gasteiger partial charge in [0.2, 0.25) is 0 Å². The van der Waals surface area contributed by atoms with Crippen molar-refractivity contribution in [3.8, 4) is 23.7 Å². The maximum atomic E-state index is 15.0. The van der Waals surface area contributed by atoms with Crippen molar-refractivity contribution < 1.29 is 8.78 Å². The number of hydrogen-bond acceptors (Lipinski definition) is 0. The molecule has 0 saturated heterocycles. The molecule has 1 aliphatic rings. The molecule has 33 heavy (non-hydrogen) atoms. The van der Waals surface area contributed by atoms with Gasteiger partial charge in [0.05, 0.1) is 5.56 Å². The van der Waals surface area contributed by atoms with Gasteiger partial charge in [-0.25, -0.2) is 8.78 Å². The summed E-state index contributed by atoms with van der Waals surface area (Å²) in [6.07, 6.45) is 5.60. The molecule has 0 radical (unpaired) electrons. The van der Waals surface area contributed by atoms with E-state index in [0.29, 0.717) is 23.5 Å². The lowest BCUT2D eigenvalue weighted by Gasteiger charge is -2.25. The maximum absolute atomic E-state index is 15.0. The largest absolute Gasteiger partial charge is 0.206 e. The van der Waals surface area contributed by atoms with E-state index < -0.39 is 11.6 Å². The molecule has 0 amide bonds. The van der Waals surface area contributed by atoms with Gasteiger partial charge in [-0.3, -0.25) is 0 Å². The Morgan fingerprint density at radius 2 is 1.39 bits per heavy atom. The first-order valence-electron chi connectivity index (χ1n) is 11.8. The van der Waals surface area contributed by atoms with Crippen LogP contribution in [0.4, 0.5) is 8.78 Å². The van der Waals surface area contributed by atoms with Gasteiger partial charge >= 0.3 is 0 Å². The zero-order valence-electron chi connectivity index (χ0n) is 19.3. The van der Waals surface area contributed by atoms with E-state index in [1.807, 2.05) is 36.4 Å². The highest BCUT2D eigenvalue weighted by Gasteiger charge is 2.24. The average molecular weight is 439 g/mol. The third-order valence-corrected chi connectivity index (χ3v) is 6.35. The molecule has 1 atom stereocenters. The fourth-order valence-electron chi connectivity index (χ4n) is 4.43. The molecule has 0 saturated carbocycles. The van der Waals surface area contributed by atoms with Gasteiger partial charge in [-0.05, 0) is 90.8 Å². The van der Waals surface area contributed by atoms with Crippen LogP contribution in [0.15, 0.2) is 54.6 Å².